The summed E-state index contributed by atoms with van der Waals surface area (Å²) in [4.78, 5) is 28.6. The van der Waals surface area contributed by atoms with E-state index in [0.717, 1.165) is 5.69 Å². The number of aryl methyl sites for hydroxylation is 1. The molecule has 3 rings (SSSR count). The number of aromatic nitrogens is 1. The number of benzene rings is 1. The fourth-order valence-corrected chi connectivity index (χ4v) is 3.12. The molecule has 2 aromatic heterocycles. The second-order valence-electron chi connectivity index (χ2n) is 5.44. The molecule has 0 amide bonds. The van der Waals surface area contributed by atoms with E-state index in [0.29, 0.717) is 27.3 Å². The normalized spacial score (nSPS) is 12.1. The fraction of sp³-hybridized carbons (Fsp3) is 0.278. The Hall–Kier alpha value is -2.67. The lowest BCUT2D eigenvalue weighted by molar-refractivity contribution is -0.150. The highest BCUT2D eigenvalue weighted by molar-refractivity contribution is 7.13. The Morgan fingerprint density at radius 2 is 2.20 bits per heavy atom. The van der Waals surface area contributed by atoms with Crippen molar-refractivity contribution in [3.63, 3.8) is 0 Å². The summed E-state index contributed by atoms with van der Waals surface area (Å²) >= 11 is 1.40. The third-order valence-electron chi connectivity index (χ3n) is 3.53. The molecule has 0 N–H and O–H groups in total. The molecule has 0 bridgehead atoms. The van der Waals surface area contributed by atoms with Crippen LogP contribution in [0.5, 0.6) is 5.75 Å². The lowest BCUT2D eigenvalue weighted by atomic mass is 10.1. The van der Waals surface area contributed by atoms with E-state index < -0.39 is 12.1 Å². The number of esters is 1. The quantitative estimate of drug-likeness (QED) is 0.648. The van der Waals surface area contributed by atoms with E-state index in [9.17, 15) is 9.59 Å². The molecule has 7 heteroatoms. The van der Waals surface area contributed by atoms with Gasteiger partial charge in [-0.15, -0.1) is 11.3 Å². The van der Waals surface area contributed by atoms with Gasteiger partial charge in [0.05, 0.1) is 17.6 Å². The number of hydrogen-bond donors (Lipinski definition) is 0. The Balaban J connectivity index is 1.92. The molecule has 0 saturated heterocycles. The van der Waals surface area contributed by atoms with Crippen molar-refractivity contribution in [3.05, 3.63) is 45.8 Å². The first-order chi connectivity index (χ1) is 12.0. The number of carbonyl (C=O) groups excluding carboxylic acids is 1. The number of thiazole rings is 1. The van der Waals surface area contributed by atoms with Crippen molar-refractivity contribution < 1.29 is 18.7 Å². The predicted molar refractivity (Wildman–Crippen MR) is 95.1 cm³/mol. The van der Waals surface area contributed by atoms with Crippen LogP contribution in [-0.2, 0) is 9.53 Å². The molecular formula is C18H17NO5S. The first-order valence-electron chi connectivity index (χ1n) is 7.81. The Labute approximate surface area is 148 Å². The number of rotatable bonds is 5. The van der Waals surface area contributed by atoms with E-state index in [2.05, 4.69) is 4.98 Å². The van der Waals surface area contributed by atoms with Gasteiger partial charge in [-0.05, 0) is 32.9 Å². The molecule has 1 unspecified atom stereocenters. The van der Waals surface area contributed by atoms with Gasteiger partial charge in [0.1, 0.15) is 22.6 Å². The van der Waals surface area contributed by atoms with E-state index in [1.165, 1.54) is 17.6 Å². The monoisotopic (exact) mass is 359 g/mol. The Morgan fingerprint density at radius 1 is 1.40 bits per heavy atom. The molecule has 0 saturated carbocycles. The minimum Gasteiger partial charge on any atom is -0.479 e. The van der Waals surface area contributed by atoms with E-state index in [1.807, 2.05) is 12.3 Å². The van der Waals surface area contributed by atoms with E-state index in [1.54, 1.807) is 32.0 Å². The highest BCUT2D eigenvalue weighted by Gasteiger charge is 2.17. The lowest BCUT2D eigenvalue weighted by Crippen LogP contribution is -2.26. The lowest BCUT2D eigenvalue weighted by Gasteiger charge is -2.13. The Morgan fingerprint density at radius 3 is 2.88 bits per heavy atom. The van der Waals surface area contributed by atoms with Crippen molar-refractivity contribution in [2.24, 2.45) is 0 Å². The third-order valence-corrected chi connectivity index (χ3v) is 4.52. The van der Waals surface area contributed by atoms with E-state index in [4.69, 9.17) is 13.9 Å². The zero-order chi connectivity index (χ0) is 18.0. The van der Waals surface area contributed by atoms with Gasteiger partial charge in [-0.3, -0.25) is 4.79 Å². The molecule has 1 aromatic carbocycles. The molecule has 2 heterocycles. The molecule has 130 valence electrons. The number of hydrogen-bond acceptors (Lipinski definition) is 7. The summed E-state index contributed by atoms with van der Waals surface area (Å²) < 4.78 is 16.0. The molecule has 1 atom stereocenters. The van der Waals surface area contributed by atoms with Crippen molar-refractivity contribution in [2.45, 2.75) is 26.9 Å². The molecular weight excluding hydrogens is 342 g/mol. The van der Waals surface area contributed by atoms with Crippen LogP contribution in [0, 0.1) is 6.92 Å². The summed E-state index contributed by atoms with van der Waals surface area (Å²) in [6, 6.07) is 4.84. The van der Waals surface area contributed by atoms with Crippen LogP contribution < -0.4 is 10.2 Å². The maximum absolute atomic E-state index is 12.7. The summed E-state index contributed by atoms with van der Waals surface area (Å²) in [5.74, 6) is -0.0208. The molecule has 0 radical (unpaired) electrons. The average Bonchev–Trinajstić information content (AvgIpc) is 3.01. The van der Waals surface area contributed by atoms with Gasteiger partial charge >= 0.3 is 5.97 Å². The number of nitrogens with zero attached hydrogens (tertiary/aromatic N) is 1. The van der Waals surface area contributed by atoms with Gasteiger partial charge < -0.3 is 13.9 Å². The topological polar surface area (TPSA) is 78.6 Å². The van der Waals surface area contributed by atoms with Crippen LogP contribution >= 0.6 is 11.3 Å². The first-order valence-corrected chi connectivity index (χ1v) is 8.69. The van der Waals surface area contributed by atoms with Gasteiger partial charge in [0.25, 0.3) is 0 Å². The summed E-state index contributed by atoms with van der Waals surface area (Å²) in [5.41, 5.74) is 1.52. The van der Waals surface area contributed by atoms with Crippen LogP contribution in [0.2, 0.25) is 0 Å². The Bertz CT molecular complexity index is 975. The van der Waals surface area contributed by atoms with Crippen LogP contribution in [0.15, 0.2) is 39.1 Å². The summed E-state index contributed by atoms with van der Waals surface area (Å²) in [6.07, 6.45) is 0.656. The van der Waals surface area contributed by atoms with Gasteiger partial charge in [0, 0.05) is 17.1 Å². The number of fused-ring (bicyclic) bond motifs is 1. The average molecular weight is 359 g/mol. The number of ether oxygens (including phenoxy) is 2. The molecule has 6 nitrogen and oxygen atoms in total. The van der Waals surface area contributed by atoms with Crippen LogP contribution in [-0.4, -0.2) is 23.7 Å². The van der Waals surface area contributed by atoms with Crippen molar-refractivity contribution in [3.8, 4) is 16.3 Å². The molecule has 0 spiro atoms. The zero-order valence-corrected chi connectivity index (χ0v) is 14.9. The smallest absolute Gasteiger partial charge is 0.347 e. The summed E-state index contributed by atoms with van der Waals surface area (Å²) in [7, 11) is 0. The largest absolute Gasteiger partial charge is 0.479 e. The van der Waals surface area contributed by atoms with Crippen molar-refractivity contribution in [2.75, 3.05) is 6.61 Å². The molecule has 0 aliphatic carbocycles. The highest BCUT2D eigenvalue weighted by Crippen LogP contribution is 2.25. The van der Waals surface area contributed by atoms with E-state index in [-0.39, 0.29) is 12.0 Å². The van der Waals surface area contributed by atoms with Crippen LogP contribution in [0.1, 0.15) is 19.5 Å². The minimum absolute atomic E-state index is 0.152. The molecule has 25 heavy (non-hydrogen) atoms. The van der Waals surface area contributed by atoms with E-state index >= 15 is 0 Å². The fourth-order valence-electron chi connectivity index (χ4n) is 2.32. The maximum atomic E-state index is 12.7. The maximum Gasteiger partial charge on any atom is 0.347 e. The second kappa shape index (κ2) is 7.06. The molecule has 0 aliphatic rings. The predicted octanol–water partition coefficient (Wildman–Crippen LogP) is 3.56. The summed E-state index contributed by atoms with van der Waals surface area (Å²) in [6.45, 7) is 5.50. The summed E-state index contributed by atoms with van der Waals surface area (Å²) in [5, 5.41) is 2.94. The third kappa shape index (κ3) is 3.56. The standard InChI is InChI=1S/C18H17NO5S/c1-4-22-18(21)11(3)24-12-5-6-13-15(7-12)23-8-14(16(13)20)17-19-10(2)9-25-17/h5-9,11H,4H2,1-3H3. The second-order valence-corrected chi connectivity index (χ2v) is 6.30. The van der Waals surface area contributed by atoms with Crippen LogP contribution in [0.4, 0.5) is 0 Å². The van der Waals surface area contributed by atoms with Crippen molar-refractivity contribution in [1.82, 2.24) is 4.98 Å². The van der Waals surface area contributed by atoms with Crippen LogP contribution in [0.3, 0.4) is 0 Å². The first kappa shape index (κ1) is 17.2. The van der Waals surface area contributed by atoms with Gasteiger partial charge in [-0.25, -0.2) is 9.78 Å². The number of carbonyl (C=O) groups is 1. The molecule has 0 fully saturated rings. The van der Waals surface area contributed by atoms with Crippen molar-refractivity contribution in [1.29, 1.82) is 0 Å². The van der Waals surface area contributed by atoms with Crippen molar-refractivity contribution >= 4 is 28.3 Å². The van der Waals surface area contributed by atoms with Gasteiger partial charge in [0.15, 0.2) is 6.10 Å². The molecule has 0 aliphatic heterocycles. The minimum atomic E-state index is -0.748. The zero-order valence-electron chi connectivity index (χ0n) is 14.1. The van der Waals surface area contributed by atoms with Gasteiger partial charge in [0.2, 0.25) is 5.43 Å². The SMILES string of the molecule is CCOC(=O)C(C)Oc1ccc2c(=O)c(-c3nc(C)cs3)coc2c1. The van der Waals surface area contributed by atoms with Gasteiger partial charge in [-0.2, -0.15) is 0 Å². The Kier molecular flexibility index (Phi) is 4.85. The van der Waals surface area contributed by atoms with Gasteiger partial charge in [-0.1, -0.05) is 0 Å². The highest BCUT2D eigenvalue weighted by atomic mass is 32.1. The molecule has 3 aromatic rings. The van der Waals surface area contributed by atoms with Crippen LogP contribution in [0.25, 0.3) is 21.5 Å².